The minimum Gasteiger partial charge on any atom is -0.467 e. The van der Waals surface area contributed by atoms with E-state index < -0.39 is 5.41 Å². The van der Waals surface area contributed by atoms with Crippen molar-refractivity contribution in [2.75, 3.05) is 32.0 Å². The summed E-state index contributed by atoms with van der Waals surface area (Å²) in [5.74, 6) is 2.74. The maximum atomic E-state index is 14.9. The highest BCUT2D eigenvalue weighted by Gasteiger charge is 2.70. The Kier molecular flexibility index (Phi) is 8.68. The highest BCUT2D eigenvalue weighted by atomic mass is 16.5. The first-order valence-electron chi connectivity index (χ1n) is 21.3. The van der Waals surface area contributed by atoms with Gasteiger partial charge in [-0.15, -0.1) is 0 Å². The monoisotopic (exact) mass is 748 g/mol. The minimum absolute atomic E-state index is 0.00546. The Morgan fingerprint density at radius 2 is 1.73 bits per heavy atom. The van der Waals surface area contributed by atoms with E-state index in [4.69, 9.17) is 24.7 Å². The van der Waals surface area contributed by atoms with Gasteiger partial charge in [0.15, 0.2) is 0 Å². The lowest BCUT2D eigenvalue weighted by Crippen LogP contribution is -2.65. The zero-order valence-corrected chi connectivity index (χ0v) is 34.5. The fourth-order valence-corrected chi connectivity index (χ4v) is 13.9. The van der Waals surface area contributed by atoms with Gasteiger partial charge in [0.25, 0.3) is 0 Å². The first-order chi connectivity index (χ1) is 26.1. The SMILES string of the molecule is CC1(C)CC[C@]2(C(=O)OCc3ccccc3)CC[C@]3(C)C(=C(c4coc(CN5CCOCC5)c4)CC4[C@@]5(C)Cc6c(n[nH]c6N)C(C)(C)[C@@H]5CC[C@]43C)[C@@H]2C1. The van der Waals surface area contributed by atoms with Gasteiger partial charge in [-0.1, -0.05) is 84.4 Å². The Hall–Kier alpha value is -3.36. The Labute approximate surface area is 328 Å². The number of H-pyrrole nitrogens is 1. The second kappa shape index (κ2) is 12.8. The number of nitrogen functional groups attached to an aromatic ring is 1. The van der Waals surface area contributed by atoms with Crippen LogP contribution in [0.25, 0.3) is 5.57 Å². The van der Waals surface area contributed by atoms with Crippen LogP contribution >= 0.6 is 0 Å². The van der Waals surface area contributed by atoms with E-state index >= 15 is 0 Å². The van der Waals surface area contributed by atoms with Crippen LogP contribution in [0.15, 0.2) is 52.7 Å². The van der Waals surface area contributed by atoms with Crippen LogP contribution in [0.1, 0.15) is 128 Å². The zero-order chi connectivity index (χ0) is 38.6. The molecule has 9 rings (SSSR count). The number of benzene rings is 1. The van der Waals surface area contributed by atoms with E-state index in [0.29, 0.717) is 18.4 Å². The van der Waals surface area contributed by atoms with Crippen molar-refractivity contribution >= 4 is 17.4 Å². The molecule has 7 atom stereocenters. The predicted octanol–water partition coefficient (Wildman–Crippen LogP) is 9.50. The molecule has 1 saturated heterocycles. The molecule has 2 aromatic heterocycles. The molecule has 0 bridgehead atoms. The number of furan rings is 1. The van der Waals surface area contributed by atoms with Gasteiger partial charge in [-0.05, 0) is 114 Å². The predicted molar refractivity (Wildman–Crippen MR) is 216 cm³/mol. The zero-order valence-electron chi connectivity index (χ0n) is 34.5. The number of hydrogen-bond acceptors (Lipinski definition) is 7. The van der Waals surface area contributed by atoms with E-state index in [-0.39, 0.29) is 39.0 Å². The quantitative estimate of drug-likeness (QED) is 0.242. The van der Waals surface area contributed by atoms with Gasteiger partial charge in [0.2, 0.25) is 0 Å². The van der Waals surface area contributed by atoms with Crippen molar-refractivity contribution in [1.29, 1.82) is 0 Å². The molecule has 3 saturated carbocycles. The third kappa shape index (κ3) is 5.57. The molecule has 3 heterocycles. The van der Waals surface area contributed by atoms with Gasteiger partial charge in [-0.3, -0.25) is 14.8 Å². The summed E-state index contributed by atoms with van der Waals surface area (Å²) < 4.78 is 18.6. The van der Waals surface area contributed by atoms with Crippen molar-refractivity contribution in [2.24, 2.45) is 44.8 Å². The van der Waals surface area contributed by atoms with Crippen molar-refractivity contribution < 1.29 is 18.7 Å². The van der Waals surface area contributed by atoms with E-state index in [1.165, 1.54) is 23.1 Å². The number of nitrogens with zero attached hydrogens (tertiary/aromatic N) is 2. The molecule has 3 N–H and O–H groups in total. The maximum absolute atomic E-state index is 14.9. The number of carbonyl (C=O) groups excluding carboxylic acids is 1. The van der Waals surface area contributed by atoms with Gasteiger partial charge in [-0.2, -0.15) is 5.10 Å². The average molecular weight is 749 g/mol. The van der Waals surface area contributed by atoms with E-state index in [9.17, 15) is 4.79 Å². The number of anilines is 1. The number of aromatic amines is 1. The van der Waals surface area contributed by atoms with Crippen molar-refractivity contribution in [3.63, 3.8) is 0 Å². The molecule has 0 spiro atoms. The molecular formula is C47H64N4O4. The molecule has 0 radical (unpaired) electrons. The third-order valence-corrected chi connectivity index (χ3v) is 17.0. The summed E-state index contributed by atoms with van der Waals surface area (Å²) in [6.45, 7) is 22.0. The van der Waals surface area contributed by atoms with E-state index in [1.54, 1.807) is 5.57 Å². The number of ether oxygens (including phenoxy) is 2. The number of esters is 1. The summed E-state index contributed by atoms with van der Waals surface area (Å²) >= 11 is 0. The molecule has 3 aromatic rings. The van der Waals surface area contributed by atoms with Gasteiger partial charge >= 0.3 is 5.97 Å². The van der Waals surface area contributed by atoms with Crippen LogP contribution in [-0.4, -0.2) is 47.4 Å². The largest absolute Gasteiger partial charge is 0.467 e. The van der Waals surface area contributed by atoms with Crippen molar-refractivity contribution in [3.8, 4) is 0 Å². The standard InChI is InChI=1S/C47H64N4O4/c1-42(2)15-17-47(41(52)55-28-30-11-9-8-10-12-30)18-16-46(7)38(35(47)26-42)33(31-23-32(54-29-31)27-51-19-21-53-22-20-51)24-37-44(5)25-34-39(49-50-40(34)48)43(3,4)36(44)13-14-45(37,46)6/h8-12,23,29,35-37H,13-22,24-28H2,1-7H3,(H3,48,49,50)/t35-,36-,37?,44-,45+,46+,47-/m0/s1. The van der Waals surface area contributed by atoms with Gasteiger partial charge < -0.3 is 19.6 Å². The summed E-state index contributed by atoms with van der Waals surface area (Å²) in [6.07, 6.45) is 11.0. The van der Waals surface area contributed by atoms with E-state index in [0.717, 1.165) is 107 Å². The number of carbonyl (C=O) groups is 1. The number of nitrogens with one attached hydrogen (secondary N) is 1. The number of fused-ring (bicyclic) bond motifs is 8. The second-order valence-corrected chi connectivity index (χ2v) is 20.7. The summed E-state index contributed by atoms with van der Waals surface area (Å²) in [5.41, 5.74) is 13.8. The first kappa shape index (κ1) is 37.2. The molecule has 5 aliphatic carbocycles. The lowest BCUT2D eigenvalue weighted by Gasteiger charge is -2.71. The second-order valence-electron chi connectivity index (χ2n) is 20.7. The van der Waals surface area contributed by atoms with Crippen LogP contribution in [0.4, 0.5) is 5.82 Å². The molecule has 55 heavy (non-hydrogen) atoms. The minimum atomic E-state index is -0.540. The molecule has 1 unspecified atom stereocenters. The van der Waals surface area contributed by atoms with Crippen LogP contribution in [0.3, 0.4) is 0 Å². The molecule has 8 heteroatoms. The Balaban J connectivity index is 1.19. The fraction of sp³-hybridized carbons (Fsp3) is 0.660. The number of rotatable bonds is 6. The normalized spacial score (nSPS) is 36.5. The van der Waals surface area contributed by atoms with Crippen LogP contribution in [0.5, 0.6) is 0 Å². The maximum Gasteiger partial charge on any atom is 0.313 e. The summed E-state index contributed by atoms with van der Waals surface area (Å²) in [4.78, 5) is 17.3. The highest BCUT2D eigenvalue weighted by Crippen LogP contribution is 2.77. The van der Waals surface area contributed by atoms with Gasteiger partial charge in [-0.25, -0.2) is 0 Å². The number of nitrogens with two attached hydrogens (primary N) is 1. The van der Waals surface area contributed by atoms with Gasteiger partial charge in [0.05, 0.1) is 37.1 Å². The molecule has 6 aliphatic rings. The molecule has 0 amide bonds. The third-order valence-electron chi connectivity index (χ3n) is 17.0. The van der Waals surface area contributed by atoms with E-state index in [2.05, 4.69) is 82.9 Å². The molecular weight excluding hydrogens is 685 g/mol. The molecule has 1 aliphatic heterocycles. The average Bonchev–Trinajstić information content (AvgIpc) is 3.77. The number of allylic oxidation sites excluding steroid dienone is 2. The van der Waals surface area contributed by atoms with Crippen LogP contribution in [-0.2, 0) is 39.3 Å². The van der Waals surface area contributed by atoms with E-state index in [1.807, 2.05) is 18.2 Å². The topological polar surface area (TPSA) is 107 Å². The molecule has 296 valence electrons. The number of aromatic nitrogens is 2. The molecule has 8 nitrogen and oxygen atoms in total. The fourth-order valence-electron chi connectivity index (χ4n) is 13.9. The lowest BCUT2D eigenvalue weighted by atomic mass is 9.33. The number of hydrogen-bond donors (Lipinski definition) is 2. The van der Waals surface area contributed by atoms with Crippen molar-refractivity contribution in [2.45, 2.75) is 125 Å². The Morgan fingerprint density at radius 3 is 2.49 bits per heavy atom. The lowest BCUT2D eigenvalue weighted by molar-refractivity contribution is -0.181. The summed E-state index contributed by atoms with van der Waals surface area (Å²) in [6, 6.07) is 12.5. The van der Waals surface area contributed by atoms with Gasteiger partial charge in [0, 0.05) is 29.6 Å². The van der Waals surface area contributed by atoms with Crippen molar-refractivity contribution in [1.82, 2.24) is 15.1 Å². The van der Waals surface area contributed by atoms with Crippen LogP contribution < -0.4 is 5.73 Å². The Bertz CT molecular complexity index is 1990. The summed E-state index contributed by atoms with van der Waals surface area (Å²) in [5, 5.41) is 8.03. The molecule has 4 fully saturated rings. The Morgan fingerprint density at radius 1 is 0.982 bits per heavy atom. The van der Waals surface area contributed by atoms with Gasteiger partial charge in [0.1, 0.15) is 18.2 Å². The smallest absolute Gasteiger partial charge is 0.313 e. The summed E-state index contributed by atoms with van der Waals surface area (Å²) in [7, 11) is 0. The molecule has 1 aromatic carbocycles. The number of morpholine rings is 1. The van der Waals surface area contributed by atoms with Crippen LogP contribution in [0.2, 0.25) is 0 Å². The van der Waals surface area contributed by atoms with Crippen molar-refractivity contribution in [3.05, 3.63) is 76.4 Å². The van der Waals surface area contributed by atoms with Crippen LogP contribution in [0, 0.1) is 44.8 Å². The first-order valence-corrected chi connectivity index (χ1v) is 21.3. The highest BCUT2D eigenvalue weighted by molar-refractivity contribution is 5.81.